The fourth-order valence-corrected chi connectivity index (χ4v) is 3.30. The molecule has 0 fully saturated rings. The first-order chi connectivity index (χ1) is 12.5. The molecule has 0 N–H and O–H groups in total. The van der Waals surface area contributed by atoms with E-state index in [1.54, 1.807) is 0 Å². The molecule has 0 spiro atoms. The molecule has 0 aliphatic heterocycles. The van der Waals surface area contributed by atoms with Gasteiger partial charge in [-0.3, -0.25) is 0 Å². The van der Waals surface area contributed by atoms with Crippen LogP contribution in [0, 0.1) is 0 Å². The third-order valence-corrected chi connectivity index (χ3v) is 5.51. The first kappa shape index (κ1) is 22.9. The lowest BCUT2D eigenvalue weighted by Gasteiger charge is -2.40. The molecule has 0 bridgehead atoms. The Hall–Kier alpha value is -2.42. The van der Waals surface area contributed by atoms with Gasteiger partial charge in [-0.1, -0.05) is 51.0 Å². The molecule has 2 aromatic rings. The third kappa shape index (κ3) is 5.79. The van der Waals surface area contributed by atoms with Crippen LogP contribution in [0.4, 0.5) is 38.9 Å². The highest BCUT2D eigenvalue weighted by molar-refractivity contribution is 8.46. The van der Waals surface area contributed by atoms with Crippen molar-refractivity contribution in [2.75, 3.05) is 0 Å². The minimum absolute atomic E-state index is 0.0434. The zero-order valence-electron chi connectivity index (χ0n) is 13.4. The molecule has 0 aliphatic carbocycles. The summed E-state index contributed by atoms with van der Waals surface area (Å²) in [5.41, 5.74) is -2.35. The molecule has 164 valence electrons. The summed E-state index contributed by atoms with van der Waals surface area (Å²) in [5, 5.41) is 0. The van der Waals surface area contributed by atoms with E-state index in [9.17, 15) is 48.4 Å². The Morgan fingerprint density at radius 2 is 0.897 bits per heavy atom. The molecule has 0 radical (unpaired) electrons. The van der Waals surface area contributed by atoms with Crippen molar-refractivity contribution in [3.8, 4) is 0 Å². The van der Waals surface area contributed by atoms with Gasteiger partial charge < -0.3 is 4.74 Å². The van der Waals surface area contributed by atoms with Gasteiger partial charge in [0.1, 0.15) is 9.79 Å². The van der Waals surface area contributed by atoms with E-state index in [-0.39, 0.29) is 24.3 Å². The van der Waals surface area contributed by atoms with Crippen molar-refractivity contribution in [3.05, 3.63) is 59.7 Å². The summed E-state index contributed by atoms with van der Waals surface area (Å²) < 4.78 is 132. The summed E-state index contributed by atoms with van der Waals surface area (Å²) in [7, 11) is -20.3. The number of ether oxygens (including phenoxy) is 1. The lowest BCUT2D eigenvalue weighted by Crippen LogP contribution is -2.15. The van der Waals surface area contributed by atoms with Crippen molar-refractivity contribution in [2.24, 2.45) is 0 Å². The topological polar surface area (TPSA) is 43.4 Å². The Kier molecular flexibility index (Phi) is 4.09. The van der Waals surface area contributed by atoms with Gasteiger partial charge in [-0.25, -0.2) is 9.59 Å². The van der Waals surface area contributed by atoms with Crippen LogP contribution in [0.15, 0.2) is 58.3 Å². The Morgan fingerprint density at radius 1 is 0.586 bits per heavy atom. The molecule has 0 saturated carbocycles. The summed E-state index contributed by atoms with van der Waals surface area (Å²) in [6.07, 6.45) is 0. The Labute approximate surface area is 155 Å². The molecule has 0 aromatic heterocycles. The molecule has 15 heteroatoms. The van der Waals surface area contributed by atoms with Gasteiger partial charge in [-0.15, -0.1) is 0 Å². The lowest BCUT2D eigenvalue weighted by atomic mass is 10.2. The van der Waals surface area contributed by atoms with Crippen LogP contribution in [0.25, 0.3) is 0 Å². The van der Waals surface area contributed by atoms with Gasteiger partial charge in [0.2, 0.25) is 0 Å². The Balaban J connectivity index is 2.34. The predicted octanol–water partition coefficient (Wildman–Crippen LogP) is 8.00. The zero-order chi connectivity index (χ0) is 22.6. The van der Waals surface area contributed by atoms with E-state index in [0.29, 0.717) is 24.3 Å². The summed E-state index contributed by atoms with van der Waals surface area (Å²) in [4.78, 5) is 18.5. The van der Waals surface area contributed by atoms with Gasteiger partial charge in [0, 0.05) is 0 Å². The summed E-state index contributed by atoms with van der Waals surface area (Å²) in [6.45, 7) is 0. The monoisotopic (exact) mass is 478 g/mol. The molecule has 0 amide bonds. The molecular weight excluding hydrogens is 470 g/mol. The van der Waals surface area contributed by atoms with Crippen LogP contribution in [0.2, 0.25) is 0 Å². The van der Waals surface area contributed by atoms with Gasteiger partial charge in [0.15, 0.2) is 0 Å². The lowest BCUT2D eigenvalue weighted by molar-refractivity contribution is 0.0397. The van der Waals surface area contributed by atoms with Crippen LogP contribution in [-0.2, 0) is 4.74 Å². The van der Waals surface area contributed by atoms with Crippen LogP contribution >= 0.6 is 20.4 Å². The van der Waals surface area contributed by atoms with E-state index in [2.05, 4.69) is 4.74 Å². The van der Waals surface area contributed by atoms with Crippen LogP contribution in [-0.4, -0.2) is 11.9 Å². The van der Waals surface area contributed by atoms with E-state index in [1.807, 2.05) is 0 Å². The normalized spacial score (nSPS) is 17.3. The smallest absolute Gasteiger partial charge is 0.346 e. The maximum atomic E-state index is 12.8. The average Bonchev–Trinajstić information content (AvgIpc) is 2.51. The number of esters is 2. The van der Waals surface area contributed by atoms with Crippen LogP contribution in [0.3, 0.4) is 0 Å². The van der Waals surface area contributed by atoms with E-state index < -0.39 is 53.3 Å². The number of rotatable bonds is 4. The highest BCUT2D eigenvalue weighted by atomic mass is 32.5. The quantitative estimate of drug-likeness (QED) is 0.254. The van der Waals surface area contributed by atoms with E-state index in [4.69, 9.17) is 0 Å². The second-order valence-corrected chi connectivity index (χ2v) is 10.5. The van der Waals surface area contributed by atoms with Crippen molar-refractivity contribution >= 4 is 32.4 Å². The van der Waals surface area contributed by atoms with Crippen molar-refractivity contribution in [2.45, 2.75) is 9.79 Å². The maximum Gasteiger partial charge on any atom is 0.346 e. The molecular formula is C14H8F10O3S2. The number of halogens is 10. The minimum atomic E-state index is -10.2. The van der Waals surface area contributed by atoms with E-state index in [0.717, 1.165) is 0 Å². The number of carbonyl (C=O) groups excluding carboxylic acids is 2. The summed E-state index contributed by atoms with van der Waals surface area (Å²) >= 11 is 0. The van der Waals surface area contributed by atoms with Crippen molar-refractivity contribution in [1.82, 2.24) is 0 Å². The third-order valence-electron chi connectivity index (χ3n) is 3.22. The number of benzene rings is 2. The molecule has 2 aromatic carbocycles. The van der Waals surface area contributed by atoms with Gasteiger partial charge in [0.25, 0.3) is 0 Å². The van der Waals surface area contributed by atoms with Crippen LogP contribution in [0.1, 0.15) is 20.7 Å². The fourth-order valence-electron chi connectivity index (χ4n) is 1.93. The fraction of sp³-hybridized carbons (Fsp3) is 0. The van der Waals surface area contributed by atoms with E-state index in [1.165, 1.54) is 0 Å². The van der Waals surface area contributed by atoms with Gasteiger partial charge in [0.05, 0.1) is 11.1 Å². The largest absolute Gasteiger partial charge is 0.386 e. The molecule has 0 unspecified atom stereocenters. The standard InChI is InChI=1S/C14H8F10O3S2/c15-28(16,17,18,19)11-5-1-3-9(7-11)13(25)27-14(26)10-4-2-6-12(8-10)29(20,21,22,23)24/h1-8H. The zero-order valence-corrected chi connectivity index (χ0v) is 15.1. The highest BCUT2D eigenvalue weighted by Crippen LogP contribution is 3.02. The molecule has 2 rings (SSSR count). The highest BCUT2D eigenvalue weighted by Gasteiger charge is 2.66. The van der Waals surface area contributed by atoms with Crippen LogP contribution < -0.4 is 0 Å². The molecule has 0 aliphatic rings. The Morgan fingerprint density at radius 3 is 1.17 bits per heavy atom. The van der Waals surface area contributed by atoms with Crippen LogP contribution in [0.5, 0.6) is 0 Å². The SMILES string of the molecule is O=C(OC(=O)c1cccc(S(F)(F)(F)(F)F)c1)c1cccc(S(F)(F)(F)(F)F)c1. The van der Waals surface area contributed by atoms with Gasteiger partial charge >= 0.3 is 32.4 Å². The summed E-state index contributed by atoms with van der Waals surface area (Å²) in [5.74, 6) is -3.84. The molecule has 0 saturated heterocycles. The number of hydrogen-bond donors (Lipinski definition) is 0. The van der Waals surface area contributed by atoms with Gasteiger partial charge in [-0.2, -0.15) is 0 Å². The molecule has 29 heavy (non-hydrogen) atoms. The first-order valence-electron chi connectivity index (χ1n) is 6.91. The predicted molar refractivity (Wildman–Crippen MR) is 85.4 cm³/mol. The van der Waals surface area contributed by atoms with Gasteiger partial charge in [-0.05, 0) is 36.4 Å². The summed E-state index contributed by atoms with van der Waals surface area (Å²) in [6, 6.07) is 1.22. The second kappa shape index (κ2) is 5.19. The van der Waals surface area contributed by atoms with Crippen molar-refractivity contribution < 1.29 is 53.2 Å². The Bertz CT molecular complexity index is 945. The molecule has 0 atom stereocenters. The first-order valence-corrected chi connectivity index (χ1v) is 10.8. The van der Waals surface area contributed by atoms with Crippen molar-refractivity contribution in [3.63, 3.8) is 0 Å². The van der Waals surface area contributed by atoms with E-state index >= 15 is 0 Å². The minimum Gasteiger partial charge on any atom is -0.386 e. The van der Waals surface area contributed by atoms with Crippen molar-refractivity contribution in [1.29, 1.82) is 0 Å². The maximum absolute atomic E-state index is 12.8. The number of hydrogen-bond acceptors (Lipinski definition) is 3. The number of carbonyl (C=O) groups is 2. The second-order valence-electron chi connectivity index (χ2n) is 5.67. The molecule has 3 nitrogen and oxygen atoms in total. The molecule has 0 heterocycles. The average molecular weight is 478 g/mol.